The molecule has 0 unspecified atom stereocenters. The molecule has 0 saturated carbocycles. The molecule has 1 heterocycles. The van der Waals surface area contributed by atoms with Crippen LogP contribution in [0.5, 0.6) is 0 Å². The lowest BCUT2D eigenvalue weighted by atomic mass is 9.89. The topological polar surface area (TPSA) is 59.6 Å². The molecule has 2 rings (SSSR count). The number of benzene rings is 1. The molecule has 2 atom stereocenters. The van der Waals surface area contributed by atoms with Gasteiger partial charge in [0.05, 0.1) is 12.6 Å². The van der Waals surface area contributed by atoms with E-state index in [-0.39, 0.29) is 6.61 Å². The molecule has 1 saturated heterocycles. The van der Waals surface area contributed by atoms with Crippen molar-refractivity contribution in [3.63, 3.8) is 0 Å². The summed E-state index contributed by atoms with van der Waals surface area (Å²) < 4.78 is 10.1. The zero-order chi connectivity index (χ0) is 16.1. The van der Waals surface area contributed by atoms with Crippen molar-refractivity contribution < 1.29 is 14.3 Å². The van der Waals surface area contributed by atoms with Gasteiger partial charge in [-0.05, 0) is 23.8 Å². The summed E-state index contributed by atoms with van der Waals surface area (Å²) in [4.78, 5) is 12.4. The molecule has 1 aliphatic rings. The van der Waals surface area contributed by atoms with Gasteiger partial charge >= 0.3 is 5.97 Å². The molecule has 7 heteroatoms. The highest BCUT2D eigenvalue weighted by molar-refractivity contribution is 7.80. The van der Waals surface area contributed by atoms with E-state index in [1.165, 1.54) is 0 Å². The average molecular weight is 341 g/mol. The zero-order valence-electron chi connectivity index (χ0n) is 12.1. The Hall–Kier alpha value is -1.63. The lowest BCUT2D eigenvalue weighted by Gasteiger charge is -2.35. The number of methoxy groups -OCH3 is 1. The Kier molecular flexibility index (Phi) is 5.76. The monoisotopic (exact) mass is 340 g/mol. The quantitative estimate of drug-likeness (QED) is 0.487. The molecular formula is C15H17ClN2O3S. The van der Waals surface area contributed by atoms with E-state index >= 15 is 0 Å². The number of halogens is 1. The van der Waals surface area contributed by atoms with Gasteiger partial charge in [-0.1, -0.05) is 36.4 Å². The molecule has 1 aliphatic heterocycles. The standard InChI is InChI=1S/C15H17ClN2O3S/c1-9-12(14(19)21-8-7-20-2)13(18-15(22)17-9)10-5-3-4-6-11(10)16/h3-6,12-13H,1,7-8H2,2H3,(H2,17,18,22)/t12-,13+/m1/s1. The molecule has 5 nitrogen and oxygen atoms in total. The van der Waals surface area contributed by atoms with E-state index in [1.807, 2.05) is 18.2 Å². The highest BCUT2D eigenvalue weighted by atomic mass is 35.5. The van der Waals surface area contributed by atoms with Crippen LogP contribution in [0.15, 0.2) is 36.5 Å². The number of hydrogen-bond donors (Lipinski definition) is 2. The second kappa shape index (κ2) is 7.58. The Bertz CT molecular complexity index is 594. The van der Waals surface area contributed by atoms with Crippen LogP contribution in [0.2, 0.25) is 5.02 Å². The van der Waals surface area contributed by atoms with Crippen LogP contribution < -0.4 is 10.6 Å². The van der Waals surface area contributed by atoms with Crippen molar-refractivity contribution in [2.75, 3.05) is 20.3 Å². The van der Waals surface area contributed by atoms with Gasteiger partial charge in [-0.2, -0.15) is 0 Å². The first-order valence-electron chi connectivity index (χ1n) is 6.71. The molecule has 1 aromatic rings. The molecular weight excluding hydrogens is 324 g/mol. The average Bonchev–Trinajstić information content (AvgIpc) is 2.47. The van der Waals surface area contributed by atoms with Gasteiger partial charge in [0, 0.05) is 17.8 Å². The third kappa shape index (κ3) is 3.76. The van der Waals surface area contributed by atoms with Gasteiger partial charge in [0.1, 0.15) is 12.5 Å². The summed E-state index contributed by atoms with van der Waals surface area (Å²) in [6.45, 7) is 4.40. The largest absolute Gasteiger partial charge is 0.463 e. The van der Waals surface area contributed by atoms with E-state index in [0.29, 0.717) is 22.4 Å². The zero-order valence-corrected chi connectivity index (χ0v) is 13.7. The summed E-state index contributed by atoms with van der Waals surface area (Å²) in [5.74, 6) is -1.04. The molecule has 118 valence electrons. The normalized spacial score (nSPS) is 21.0. The Morgan fingerprint density at radius 1 is 1.41 bits per heavy atom. The molecule has 1 aromatic carbocycles. The van der Waals surface area contributed by atoms with E-state index in [0.717, 1.165) is 5.56 Å². The van der Waals surface area contributed by atoms with E-state index in [2.05, 4.69) is 17.2 Å². The van der Waals surface area contributed by atoms with Crippen molar-refractivity contribution in [3.8, 4) is 0 Å². The third-order valence-corrected chi connectivity index (χ3v) is 3.86. The Morgan fingerprint density at radius 2 is 2.14 bits per heavy atom. The molecule has 0 radical (unpaired) electrons. The summed E-state index contributed by atoms with van der Waals surface area (Å²) in [6.07, 6.45) is 0. The van der Waals surface area contributed by atoms with Gasteiger partial charge in [0.15, 0.2) is 5.11 Å². The molecule has 0 amide bonds. The molecule has 22 heavy (non-hydrogen) atoms. The van der Waals surface area contributed by atoms with Crippen LogP contribution in [-0.2, 0) is 14.3 Å². The third-order valence-electron chi connectivity index (χ3n) is 3.30. The maximum absolute atomic E-state index is 12.4. The summed E-state index contributed by atoms with van der Waals surface area (Å²) >= 11 is 11.4. The first-order chi connectivity index (χ1) is 10.5. The van der Waals surface area contributed by atoms with E-state index < -0.39 is 17.9 Å². The Balaban J connectivity index is 2.26. The van der Waals surface area contributed by atoms with Gasteiger partial charge < -0.3 is 20.1 Å². The SMILES string of the molecule is C=C1NC(=S)N[C@@H](c2ccccc2Cl)[C@@H]1C(=O)OCCOC. The fourth-order valence-corrected chi connectivity index (χ4v) is 2.78. The Labute approximate surface area is 139 Å². The van der Waals surface area contributed by atoms with Crippen molar-refractivity contribution in [1.29, 1.82) is 0 Å². The molecule has 0 aromatic heterocycles. The summed E-state index contributed by atoms with van der Waals surface area (Å²) in [7, 11) is 1.54. The van der Waals surface area contributed by atoms with E-state index in [9.17, 15) is 4.79 Å². The van der Waals surface area contributed by atoms with Gasteiger partial charge in [-0.15, -0.1) is 0 Å². The second-order valence-corrected chi connectivity index (χ2v) is 5.58. The highest BCUT2D eigenvalue weighted by Crippen LogP contribution is 2.34. The minimum absolute atomic E-state index is 0.179. The van der Waals surface area contributed by atoms with Crippen LogP contribution in [0.25, 0.3) is 0 Å². The lowest BCUT2D eigenvalue weighted by molar-refractivity contribution is -0.149. The smallest absolute Gasteiger partial charge is 0.317 e. The van der Waals surface area contributed by atoms with Crippen molar-refractivity contribution in [2.45, 2.75) is 6.04 Å². The van der Waals surface area contributed by atoms with Crippen molar-refractivity contribution in [3.05, 3.63) is 47.1 Å². The maximum Gasteiger partial charge on any atom is 0.317 e. The second-order valence-electron chi connectivity index (χ2n) is 4.76. The van der Waals surface area contributed by atoms with Crippen LogP contribution in [0.1, 0.15) is 11.6 Å². The predicted molar refractivity (Wildman–Crippen MR) is 88.5 cm³/mol. The van der Waals surface area contributed by atoms with Crippen molar-refractivity contribution >= 4 is 34.9 Å². The predicted octanol–water partition coefficient (Wildman–Crippen LogP) is 2.18. The number of carbonyl (C=O) groups excluding carboxylic acids is 1. The lowest BCUT2D eigenvalue weighted by Crippen LogP contribution is -2.51. The molecule has 0 aliphatic carbocycles. The van der Waals surface area contributed by atoms with Gasteiger partial charge in [-0.3, -0.25) is 4.79 Å². The number of hydrogen-bond acceptors (Lipinski definition) is 4. The van der Waals surface area contributed by atoms with E-state index in [4.69, 9.17) is 33.3 Å². The number of nitrogens with one attached hydrogen (secondary N) is 2. The summed E-state index contributed by atoms with van der Waals surface area (Å²) in [5.41, 5.74) is 1.25. The van der Waals surface area contributed by atoms with Crippen LogP contribution >= 0.6 is 23.8 Å². The summed E-state index contributed by atoms with van der Waals surface area (Å²) in [6, 6.07) is 6.86. The van der Waals surface area contributed by atoms with Gasteiger partial charge in [0.2, 0.25) is 0 Å². The number of esters is 1. The molecule has 1 fully saturated rings. The molecule has 0 bridgehead atoms. The van der Waals surface area contributed by atoms with E-state index in [1.54, 1.807) is 13.2 Å². The summed E-state index contributed by atoms with van der Waals surface area (Å²) in [5, 5.41) is 6.89. The minimum Gasteiger partial charge on any atom is -0.463 e. The van der Waals surface area contributed by atoms with Gasteiger partial charge in [-0.25, -0.2) is 0 Å². The van der Waals surface area contributed by atoms with Crippen LogP contribution in [0.3, 0.4) is 0 Å². The molecule has 0 spiro atoms. The maximum atomic E-state index is 12.4. The first kappa shape index (κ1) is 16.7. The fraction of sp³-hybridized carbons (Fsp3) is 0.333. The van der Waals surface area contributed by atoms with Crippen molar-refractivity contribution in [2.24, 2.45) is 5.92 Å². The fourth-order valence-electron chi connectivity index (χ4n) is 2.26. The number of thiocarbonyl (C=S) groups is 1. The van der Waals surface area contributed by atoms with Crippen LogP contribution in [-0.4, -0.2) is 31.4 Å². The van der Waals surface area contributed by atoms with Crippen molar-refractivity contribution in [1.82, 2.24) is 10.6 Å². The Morgan fingerprint density at radius 3 is 2.82 bits per heavy atom. The highest BCUT2D eigenvalue weighted by Gasteiger charge is 2.38. The number of ether oxygens (including phenoxy) is 2. The van der Waals surface area contributed by atoms with Crippen LogP contribution in [0, 0.1) is 5.92 Å². The molecule has 2 N–H and O–H groups in total. The first-order valence-corrected chi connectivity index (χ1v) is 7.49. The number of rotatable bonds is 5. The number of carbonyl (C=O) groups is 1. The van der Waals surface area contributed by atoms with Crippen LogP contribution in [0.4, 0.5) is 0 Å². The van der Waals surface area contributed by atoms with Gasteiger partial charge in [0.25, 0.3) is 0 Å². The minimum atomic E-state index is -0.636.